The molecule has 0 spiro atoms. The molecule has 0 aliphatic heterocycles. The van der Waals surface area contributed by atoms with E-state index in [1.807, 2.05) is 24.3 Å². The maximum atomic E-state index is 8.91. The Labute approximate surface area is 137 Å². The minimum Gasteiger partial charge on any atom is -0.497 e. The second-order valence-electron chi connectivity index (χ2n) is 4.93. The standard InChI is InChI=1S/C16H17IO4/c1-19-11-4-2-10(3-5-11)16-15(17)14-12(20-9-8-18)6-7-13(14)21-16/h2-5,12,18H,6-9H2,1H3. The van der Waals surface area contributed by atoms with Gasteiger partial charge in [-0.15, -0.1) is 0 Å². The number of methoxy groups -OCH3 is 1. The number of fused-ring (bicyclic) bond motifs is 1. The Morgan fingerprint density at radius 3 is 2.76 bits per heavy atom. The van der Waals surface area contributed by atoms with Crippen molar-refractivity contribution in [2.45, 2.75) is 18.9 Å². The fourth-order valence-corrected chi connectivity index (χ4v) is 3.74. The van der Waals surface area contributed by atoms with Crippen LogP contribution in [0.4, 0.5) is 0 Å². The number of hydrogen-bond donors (Lipinski definition) is 1. The summed E-state index contributed by atoms with van der Waals surface area (Å²) in [4.78, 5) is 0. The highest BCUT2D eigenvalue weighted by atomic mass is 127. The van der Waals surface area contributed by atoms with Gasteiger partial charge in [0.05, 0.1) is 30.0 Å². The van der Waals surface area contributed by atoms with Gasteiger partial charge in [0, 0.05) is 17.5 Å². The maximum Gasteiger partial charge on any atom is 0.147 e. The molecule has 1 N–H and O–H groups in total. The number of aliphatic hydroxyl groups is 1. The van der Waals surface area contributed by atoms with E-state index in [1.165, 1.54) is 0 Å². The molecule has 1 atom stereocenters. The van der Waals surface area contributed by atoms with E-state index < -0.39 is 0 Å². The van der Waals surface area contributed by atoms with E-state index in [0.29, 0.717) is 6.61 Å². The molecular formula is C16H17IO4. The van der Waals surface area contributed by atoms with Gasteiger partial charge in [-0.1, -0.05) is 0 Å². The molecule has 1 aromatic heterocycles. The van der Waals surface area contributed by atoms with E-state index in [4.69, 9.17) is 19.0 Å². The Bertz CT molecular complexity index is 618. The molecule has 0 amide bonds. The summed E-state index contributed by atoms with van der Waals surface area (Å²) in [6, 6.07) is 7.86. The van der Waals surface area contributed by atoms with Gasteiger partial charge in [-0.25, -0.2) is 0 Å². The summed E-state index contributed by atoms with van der Waals surface area (Å²) in [6.45, 7) is 0.412. The first-order chi connectivity index (χ1) is 10.2. The number of aliphatic hydroxyl groups excluding tert-OH is 1. The van der Waals surface area contributed by atoms with Crippen LogP contribution in [0.15, 0.2) is 28.7 Å². The fourth-order valence-electron chi connectivity index (χ4n) is 2.67. The zero-order chi connectivity index (χ0) is 14.8. The van der Waals surface area contributed by atoms with Crippen LogP contribution in [0.5, 0.6) is 5.75 Å². The smallest absolute Gasteiger partial charge is 0.147 e. The third-order valence-corrected chi connectivity index (χ3v) is 4.75. The fraction of sp³-hybridized carbons (Fsp3) is 0.375. The summed E-state index contributed by atoms with van der Waals surface area (Å²) in [7, 11) is 1.66. The van der Waals surface area contributed by atoms with Crippen molar-refractivity contribution < 1.29 is 19.0 Å². The number of rotatable bonds is 5. The van der Waals surface area contributed by atoms with Crippen LogP contribution in [0, 0.1) is 3.57 Å². The highest BCUT2D eigenvalue weighted by molar-refractivity contribution is 14.1. The van der Waals surface area contributed by atoms with Crippen LogP contribution < -0.4 is 4.74 Å². The van der Waals surface area contributed by atoms with Gasteiger partial charge in [0.25, 0.3) is 0 Å². The van der Waals surface area contributed by atoms with Crippen LogP contribution in [-0.2, 0) is 11.2 Å². The second kappa shape index (κ2) is 6.37. The number of hydrogen-bond acceptors (Lipinski definition) is 4. The van der Waals surface area contributed by atoms with Crippen LogP contribution in [0.2, 0.25) is 0 Å². The zero-order valence-electron chi connectivity index (χ0n) is 11.8. The number of halogens is 1. The lowest BCUT2D eigenvalue weighted by molar-refractivity contribution is 0.0287. The van der Waals surface area contributed by atoms with Crippen molar-refractivity contribution in [2.75, 3.05) is 20.3 Å². The Kier molecular flexibility index (Phi) is 4.51. The van der Waals surface area contributed by atoms with Crippen LogP contribution in [0.3, 0.4) is 0 Å². The van der Waals surface area contributed by atoms with Gasteiger partial charge in [0.15, 0.2) is 0 Å². The topological polar surface area (TPSA) is 51.8 Å². The molecule has 1 heterocycles. The van der Waals surface area contributed by atoms with Gasteiger partial charge in [-0.05, 0) is 53.3 Å². The van der Waals surface area contributed by atoms with Crippen LogP contribution in [0.1, 0.15) is 23.8 Å². The quantitative estimate of drug-likeness (QED) is 0.781. The van der Waals surface area contributed by atoms with Crippen molar-refractivity contribution in [1.82, 2.24) is 0 Å². The van der Waals surface area contributed by atoms with Crippen molar-refractivity contribution >= 4 is 22.6 Å². The molecule has 2 aromatic rings. The normalized spacial score (nSPS) is 17.0. The molecular weight excluding hydrogens is 383 g/mol. The Morgan fingerprint density at radius 2 is 2.10 bits per heavy atom. The van der Waals surface area contributed by atoms with Crippen molar-refractivity contribution in [3.05, 3.63) is 39.2 Å². The minimum absolute atomic E-state index is 0.0369. The first-order valence-corrected chi connectivity index (χ1v) is 8.00. The number of benzene rings is 1. The summed E-state index contributed by atoms with van der Waals surface area (Å²) in [5.41, 5.74) is 2.19. The first-order valence-electron chi connectivity index (χ1n) is 6.92. The van der Waals surface area contributed by atoms with E-state index in [9.17, 15) is 0 Å². The van der Waals surface area contributed by atoms with Gasteiger partial charge in [0.2, 0.25) is 0 Å². The number of furan rings is 1. The van der Waals surface area contributed by atoms with E-state index in [1.54, 1.807) is 7.11 Å². The van der Waals surface area contributed by atoms with Crippen LogP contribution in [-0.4, -0.2) is 25.4 Å². The molecule has 0 bridgehead atoms. The molecule has 1 aliphatic rings. The van der Waals surface area contributed by atoms with Crippen molar-refractivity contribution in [3.8, 4) is 17.1 Å². The summed E-state index contributed by atoms with van der Waals surface area (Å²) in [6.07, 6.45) is 1.85. The Hall–Kier alpha value is -1.05. The van der Waals surface area contributed by atoms with E-state index in [2.05, 4.69) is 22.6 Å². The number of ether oxygens (including phenoxy) is 2. The minimum atomic E-state index is 0.0369. The van der Waals surface area contributed by atoms with E-state index >= 15 is 0 Å². The van der Waals surface area contributed by atoms with Gasteiger partial charge in [-0.3, -0.25) is 0 Å². The number of aryl methyl sites for hydroxylation is 1. The molecule has 3 rings (SSSR count). The van der Waals surface area contributed by atoms with Crippen molar-refractivity contribution in [3.63, 3.8) is 0 Å². The highest BCUT2D eigenvalue weighted by Crippen LogP contribution is 2.43. The molecule has 1 aromatic carbocycles. The predicted octanol–water partition coefficient (Wildman–Crippen LogP) is 3.56. The SMILES string of the molecule is COc1ccc(-c2oc3c(c2I)C(OCCO)CC3)cc1. The second-order valence-corrected chi connectivity index (χ2v) is 6.01. The lowest BCUT2D eigenvalue weighted by Crippen LogP contribution is -2.05. The van der Waals surface area contributed by atoms with Crippen molar-refractivity contribution in [2.24, 2.45) is 0 Å². The van der Waals surface area contributed by atoms with Crippen LogP contribution >= 0.6 is 22.6 Å². The Morgan fingerprint density at radius 1 is 1.33 bits per heavy atom. The predicted molar refractivity (Wildman–Crippen MR) is 87.5 cm³/mol. The molecule has 0 fully saturated rings. The third-order valence-electron chi connectivity index (χ3n) is 3.68. The van der Waals surface area contributed by atoms with Gasteiger partial charge in [-0.2, -0.15) is 0 Å². The largest absolute Gasteiger partial charge is 0.497 e. The zero-order valence-corrected chi connectivity index (χ0v) is 13.9. The summed E-state index contributed by atoms with van der Waals surface area (Å²) < 4.78 is 18.0. The average Bonchev–Trinajstić information content (AvgIpc) is 3.06. The highest BCUT2D eigenvalue weighted by Gasteiger charge is 2.32. The first kappa shape index (κ1) is 14.9. The molecule has 4 nitrogen and oxygen atoms in total. The van der Waals surface area contributed by atoms with Gasteiger partial charge >= 0.3 is 0 Å². The third kappa shape index (κ3) is 2.82. The molecule has 0 saturated carbocycles. The van der Waals surface area contributed by atoms with Crippen molar-refractivity contribution in [1.29, 1.82) is 0 Å². The summed E-state index contributed by atoms with van der Waals surface area (Å²) in [5.74, 6) is 2.73. The lowest BCUT2D eigenvalue weighted by Gasteiger charge is -2.11. The Balaban J connectivity index is 1.91. The molecule has 112 valence electrons. The summed E-state index contributed by atoms with van der Waals surface area (Å²) in [5, 5.41) is 8.91. The average molecular weight is 400 g/mol. The molecule has 1 aliphatic carbocycles. The molecule has 0 radical (unpaired) electrons. The molecule has 5 heteroatoms. The maximum absolute atomic E-state index is 8.91. The van der Waals surface area contributed by atoms with E-state index in [-0.39, 0.29) is 12.7 Å². The van der Waals surface area contributed by atoms with Crippen LogP contribution in [0.25, 0.3) is 11.3 Å². The summed E-state index contributed by atoms with van der Waals surface area (Å²) >= 11 is 2.32. The van der Waals surface area contributed by atoms with Gasteiger partial charge in [0.1, 0.15) is 17.3 Å². The van der Waals surface area contributed by atoms with Gasteiger partial charge < -0.3 is 19.0 Å². The molecule has 1 unspecified atom stereocenters. The monoisotopic (exact) mass is 400 g/mol. The van der Waals surface area contributed by atoms with E-state index in [0.717, 1.165) is 44.8 Å². The molecule has 0 saturated heterocycles. The molecule has 21 heavy (non-hydrogen) atoms. The lowest BCUT2D eigenvalue weighted by atomic mass is 10.1.